The SMILES string of the molecule is CCC1C(=O)NCCN1C(=O)COc1ccc(Cl)cc1Cl. The van der Waals surface area contributed by atoms with Gasteiger partial charge < -0.3 is 15.0 Å². The van der Waals surface area contributed by atoms with Crippen LogP contribution in [0.5, 0.6) is 5.75 Å². The molecular formula is C14H16Cl2N2O3. The number of hydrogen-bond acceptors (Lipinski definition) is 3. The van der Waals surface area contributed by atoms with Crippen LogP contribution in [0.3, 0.4) is 0 Å². The van der Waals surface area contributed by atoms with Gasteiger partial charge in [-0.2, -0.15) is 0 Å². The molecule has 0 bridgehead atoms. The second-order valence-corrected chi connectivity index (χ2v) is 5.51. The van der Waals surface area contributed by atoms with Gasteiger partial charge in [0.05, 0.1) is 5.02 Å². The number of benzene rings is 1. The van der Waals surface area contributed by atoms with E-state index in [0.717, 1.165) is 0 Å². The van der Waals surface area contributed by atoms with E-state index in [9.17, 15) is 9.59 Å². The summed E-state index contributed by atoms with van der Waals surface area (Å²) in [6.07, 6.45) is 0.569. The molecule has 2 rings (SSSR count). The summed E-state index contributed by atoms with van der Waals surface area (Å²) in [6, 6.07) is 4.36. The molecule has 1 atom stereocenters. The fraction of sp³-hybridized carbons (Fsp3) is 0.429. The van der Waals surface area contributed by atoms with Crippen molar-refractivity contribution in [2.75, 3.05) is 19.7 Å². The van der Waals surface area contributed by atoms with E-state index in [1.54, 1.807) is 23.1 Å². The van der Waals surface area contributed by atoms with Crippen LogP contribution >= 0.6 is 23.2 Å². The van der Waals surface area contributed by atoms with Gasteiger partial charge in [0.25, 0.3) is 5.91 Å². The number of amides is 2. The summed E-state index contributed by atoms with van der Waals surface area (Å²) in [5.41, 5.74) is 0. The predicted octanol–water partition coefficient (Wildman–Crippen LogP) is 2.11. The van der Waals surface area contributed by atoms with E-state index in [2.05, 4.69) is 5.32 Å². The number of halogens is 2. The number of piperazine rings is 1. The van der Waals surface area contributed by atoms with Crippen LogP contribution in [0.4, 0.5) is 0 Å². The highest BCUT2D eigenvalue weighted by atomic mass is 35.5. The second-order valence-electron chi connectivity index (χ2n) is 4.67. The van der Waals surface area contributed by atoms with E-state index in [0.29, 0.717) is 35.3 Å². The van der Waals surface area contributed by atoms with Crippen molar-refractivity contribution in [3.05, 3.63) is 28.2 Å². The molecule has 5 nitrogen and oxygen atoms in total. The molecule has 1 unspecified atom stereocenters. The molecule has 7 heteroatoms. The van der Waals surface area contributed by atoms with Crippen molar-refractivity contribution in [3.8, 4) is 5.75 Å². The van der Waals surface area contributed by atoms with Crippen LogP contribution in [0.1, 0.15) is 13.3 Å². The molecule has 1 fully saturated rings. The zero-order valence-electron chi connectivity index (χ0n) is 11.6. The highest BCUT2D eigenvalue weighted by Gasteiger charge is 2.31. The smallest absolute Gasteiger partial charge is 0.261 e. The Hall–Kier alpha value is -1.46. The summed E-state index contributed by atoms with van der Waals surface area (Å²) in [6.45, 7) is 2.65. The molecule has 1 N–H and O–H groups in total. The minimum absolute atomic E-state index is 0.123. The van der Waals surface area contributed by atoms with Crippen molar-refractivity contribution in [3.63, 3.8) is 0 Å². The van der Waals surface area contributed by atoms with Crippen LogP contribution in [-0.2, 0) is 9.59 Å². The maximum atomic E-state index is 12.2. The third-order valence-corrected chi connectivity index (χ3v) is 3.81. The van der Waals surface area contributed by atoms with E-state index in [1.807, 2.05) is 6.92 Å². The van der Waals surface area contributed by atoms with E-state index in [4.69, 9.17) is 27.9 Å². The Kier molecular flexibility index (Phi) is 5.31. The molecular weight excluding hydrogens is 315 g/mol. The summed E-state index contributed by atoms with van der Waals surface area (Å²) in [5, 5.41) is 3.59. The van der Waals surface area contributed by atoms with Gasteiger partial charge in [0.15, 0.2) is 6.61 Å². The van der Waals surface area contributed by atoms with Crippen LogP contribution in [0, 0.1) is 0 Å². The van der Waals surface area contributed by atoms with Crippen molar-refractivity contribution in [1.82, 2.24) is 10.2 Å². The minimum atomic E-state index is -0.435. The number of carbonyl (C=O) groups excluding carboxylic acids is 2. The molecule has 1 aliphatic rings. The molecule has 1 aromatic carbocycles. The Morgan fingerprint density at radius 1 is 1.48 bits per heavy atom. The Balaban J connectivity index is 1.99. The van der Waals surface area contributed by atoms with Crippen molar-refractivity contribution < 1.29 is 14.3 Å². The second kappa shape index (κ2) is 7.00. The van der Waals surface area contributed by atoms with E-state index < -0.39 is 6.04 Å². The lowest BCUT2D eigenvalue weighted by Gasteiger charge is -2.34. The van der Waals surface area contributed by atoms with Gasteiger partial charge in [-0.05, 0) is 24.6 Å². The monoisotopic (exact) mass is 330 g/mol. The first-order chi connectivity index (χ1) is 10.0. The third-order valence-electron chi connectivity index (χ3n) is 3.28. The Morgan fingerprint density at radius 2 is 2.24 bits per heavy atom. The highest BCUT2D eigenvalue weighted by Crippen LogP contribution is 2.27. The van der Waals surface area contributed by atoms with Gasteiger partial charge >= 0.3 is 0 Å². The average Bonchev–Trinajstić information content (AvgIpc) is 2.45. The van der Waals surface area contributed by atoms with Crippen LogP contribution < -0.4 is 10.1 Å². The average molecular weight is 331 g/mol. The maximum Gasteiger partial charge on any atom is 0.261 e. The fourth-order valence-electron chi connectivity index (χ4n) is 2.23. The summed E-state index contributed by atoms with van der Waals surface area (Å²) >= 11 is 11.8. The van der Waals surface area contributed by atoms with Crippen LogP contribution in [0.2, 0.25) is 10.0 Å². The number of nitrogens with zero attached hydrogens (tertiary/aromatic N) is 1. The number of carbonyl (C=O) groups is 2. The third kappa shape index (κ3) is 3.80. The summed E-state index contributed by atoms with van der Waals surface area (Å²) in [5.74, 6) is 0.0354. The van der Waals surface area contributed by atoms with Crippen molar-refractivity contribution >= 4 is 35.0 Å². The van der Waals surface area contributed by atoms with Gasteiger partial charge in [0, 0.05) is 18.1 Å². The molecule has 0 aliphatic carbocycles. The number of ether oxygens (including phenoxy) is 1. The van der Waals surface area contributed by atoms with Gasteiger partial charge in [-0.1, -0.05) is 30.1 Å². The first kappa shape index (κ1) is 15.9. The van der Waals surface area contributed by atoms with Gasteiger partial charge in [0.2, 0.25) is 5.91 Å². The fourth-order valence-corrected chi connectivity index (χ4v) is 2.70. The highest BCUT2D eigenvalue weighted by molar-refractivity contribution is 6.35. The van der Waals surface area contributed by atoms with E-state index >= 15 is 0 Å². The van der Waals surface area contributed by atoms with Crippen LogP contribution in [0.15, 0.2) is 18.2 Å². The van der Waals surface area contributed by atoms with Crippen molar-refractivity contribution in [2.45, 2.75) is 19.4 Å². The lowest BCUT2D eigenvalue weighted by Crippen LogP contribution is -2.57. The van der Waals surface area contributed by atoms with Crippen LogP contribution in [0.25, 0.3) is 0 Å². The Labute approximate surface area is 133 Å². The molecule has 1 heterocycles. The van der Waals surface area contributed by atoms with Gasteiger partial charge in [-0.3, -0.25) is 9.59 Å². The summed E-state index contributed by atoms with van der Waals surface area (Å²) in [7, 11) is 0. The molecule has 1 aliphatic heterocycles. The lowest BCUT2D eigenvalue weighted by molar-refractivity contribution is -0.144. The van der Waals surface area contributed by atoms with Crippen LogP contribution in [-0.4, -0.2) is 42.5 Å². The topological polar surface area (TPSA) is 58.6 Å². The summed E-state index contributed by atoms with van der Waals surface area (Å²) in [4.78, 5) is 25.5. The Bertz CT molecular complexity index is 551. The normalized spacial score (nSPS) is 18.3. The van der Waals surface area contributed by atoms with E-state index in [1.165, 1.54) is 0 Å². The van der Waals surface area contributed by atoms with Crippen molar-refractivity contribution in [2.24, 2.45) is 0 Å². The number of hydrogen-bond donors (Lipinski definition) is 1. The van der Waals surface area contributed by atoms with Gasteiger partial charge in [0.1, 0.15) is 11.8 Å². The molecule has 1 saturated heterocycles. The number of nitrogens with one attached hydrogen (secondary N) is 1. The van der Waals surface area contributed by atoms with Gasteiger partial charge in [-0.25, -0.2) is 0 Å². The van der Waals surface area contributed by atoms with Gasteiger partial charge in [-0.15, -0.1) is 0 Å². The molecule has 0 aromatic heterocycles. The standard InChI is InChI=1S/C14H16Cl2N2O3/c1-2-11-14(20)17-5-6-18(11)13(19)8-21-12-4-3-9(15)7-10(12)16/h3-4,7,11H,2,5-6,8H2,1H3,(H,17,20). The first-order valence-electron chi connectivity index (χ1n) is 6.68. The number of rotatable bonds is 4. The minimum Gasteiger partial charge on any atom is -0.482 e. The van der Waals surface area contributed by atoms with Crippen molar-refractivity contribution in [1.29, 1.82) is 0 Å². The largest absolute Gasteiger partial charge is 0.482 e. The first-order valence-corrected chi connectivity index (χ1v) is 7.43. The molecule has 1 aromatic rings. The molecule has 114 valence electrons. The van der Waals surface area contributed by atoms with E-state index in [-0.39, 0.29) is 18.4 Å². The maximum absolute atomic E-state index is 12.2. The zero-order valence-corrected chi connectivity index (χ0v) is 13.1. The zero-order chi connectivity index (χ0) is 15.4. The molecule has 0 radical (unpaired) electrons. The molecule has 0 spiro atoms. The Morgan fingerprint density at radius 3 is 2.90 bits per heavy atom. The molecule has 2 amide bonds. The quantitative estimate of drug-likeness (QED) is 0.919. The lowest BCUT2D eigenvalue weighted by atomic mass is 10.1. The molecule has 21 heavy (non-hydrogen) atoms. The predicted molar refractivity (Wildman–Crippen MR) is 80.8 cm³/mol. The summed E-state index contributed by atoms with van der Waals surface area (Å²) < 4.78 is 5.42. The molecule has 0 saturated carbocycles.